The molecule has 6 nitrogen and oxygen atoms in total. The number of benzene rings is 2. The van der Waals surface area contributed by atoms with Gasteiger partial charge in [-0.2, -0.15) is 0 Å². The number of nitrogens with one attached hydrogen (secondary N) is 2. The van der Waals surface area contributed by atoms with Gasteiger partial charge in [0.2, 0.25) is 5.91 Å². The van der Waals surface area contributed by atoms with Crippen molar-refractivity contribution >= 4 is 29.0 Å². The van der Waals surface area contributed by atoms with Crippen molar-refractivity contribution in [3.8, 4) is 0 Å². The second-order valence-electron chi connectivity index (χ2n) is 5.98. The molecule has 0 aromatic heterocycles. The number of ether oxygens (including phenoxy) is 1. The van der Waals surface area contributed by atoms with E-state index in [-0.39, 0.29) is 18.7 Å². The summed E-state index contributed by atoms with van der Waals surface area (Å²) in [7, 11) is 1.56. The third-order valence-corrected chi connectivity index (χ3v) is 4.19. The summed E-state index contributed by atoms with van der Waals surface area (Å²) in [5, 5.41) is 5.68. The molecule has 6 heteroatoms. The summed E-state index contributed by atoms with van der Waals surface area (Å²) < 4.78 is 5.11. The van der Waals surface area contributed by atoms with Gasteiger partial charge >= 0.3 is 6.03 Å². The van der Waals surface area contributed by atoms with Gasteiger partial charge in [-0.1, -0.05) is 18.2 Å². The van der Waals surface area contributed by atoms with E-state index in [1.165, 1.54) is 0 Å². The van der Waals surface area contributed by atoms with E-state index in [9.17, 15) is 9.59 Å². The Kier molecular flexibility index (Phi) is 5.00. The highest BCUT2D eigenvalue weighted by atomic mass is 16.5. The maximum atomic E-state index is 12.2. The molecule has 0 atom stereocenters. The summed E-state index contributed by atoms with van der Waals surface area (Å²) in [6, 6.07) is 12.8. The fourth-order valence-corrected chi connectivity index (χ4v) is 2.91. The number of urea groups is 1. The molecule has 0 spiro atoms. The van der Waals surface area contributed by atoms with Crippen LogP contribution in [0.5, 0.6) is 0 Å². The van der Waals surface area contributed by atoms with E-state index in [4.69, 9.17) is 4.74 Å². The Morgan fingerprint density at radius 3 is 2.72 bits per heavy atom. The number of fused-ring (bicyclic) bond motifs is 1. The van der Waals surface area contributed by atoms with E-state index in [1.54, 1.807) is 18.1 Å². The van der Waals surface area contributed by atoms with Gasteiger partial charge in [0.1, 0.15) is 6.73 Å². The Labute approximate surface area is 146 Å². The lowest BCUT2D eigenvalue weighted by atomic mass is 10.0. The van der Waals surface area contributed by atoms with Crippen molar-refractivity contribution in [2.45, 2.75) is 19.8 Å². The SMILES string of the molecule is COCN1C(=O)CCc2cc(NC(=O)Nc3ccccc3C)ccc21. The van der Waals surface area contributed by atoms with Crippen LogP contribution in [0.4, 0.5) is 21.9 Å². The number of carbonyl (C=O) groups is 2. The van der Waals surface area contributed by atoms with Crippen molar-refractivity contribution < 1.29 is 14.3 Å². The minimum Gasteiger partial charge on any atom is -0.364 e. The maximum Gasteiger partial charge on any atom is 0.323 e. The Balaban J connectivity index is 1.73. The molecule has 2 aromatic carbocycles. The van der Waals surface area contributed by atoms with Crippen molar-refractivity contribution in [3.05, 3.63) is 53.6 Å². The van der Waals surface area contributed by atoms with E-state index in [0.29, 0.717) is 18.5 Å². The standard InChI is InChI=1S/C19H21N3O3/c1-13-5-3-4-6-16(13)21-19(24)20-15-8-9-17-14(11-15)7-10-18(23)22(17)12-25-2/h3-6,8-9,11H,7,10,12H2,1-2H3,(H2,20,21,24). The van der Waals surface area contributed by atoms with Crippen LogP contribution < -0.4 is 15.5 Å². The van der Waals surface area contributed by atoms with Crippen LogP contribution >= 0.6 is 0 Å². The van der Waals surface area contributed by atoms with Crippen molar-refractivity contribution in [2.75, 3.05) is 29.4 Å². The van der Waals surface area contributed by atoms with E-state index >= 15 is 0 Å². The minimum atomic E-state index is -0.296. The van der Waals surface area contributed by atoms with Gasteiger partial charge in [0.25, 0.3) is 0 Å². The lowest BCUT2D eigenvalue weighted by molar-refractivity contribution is -0.119. The number of rotatable bonds is 4. The van der Waals surface area contributed by atoms with E-state index in [1.807, 2.05) is 43.3 Å². The molecular formula is C19H21N3O3. The molecule has 0 bridgehead atoms. The topological polar surface area (TPSA) is 70.7 Å². The number of carbonyl (C=O) groups excluding carboxylic acids is 2. The predicted molar refractivity (Wildman–Crippen MR) is 97.9 cm³/mol. The zero-order chi connectivity index (χ0) is 17.8. The van der Waals surface area contributed by atoms with Crippen molar-refractivity contribution in [2.24, 2.45) is 0 Å². The molecule has 0 saturated carbocycles. The number of anilines is 3. The van der Waals surface area contributed by atoms with Gasteiger partial charge in [-0.3, -0.25) is 9.69 Å². The molecule has 0 radical (unpaired) electrons. The smallest absolute Gasteiger partial charge is 0.323 e. The van der Waals surface area contributed by atoms with Crippen LogP contribution in [-0.2, 0) is 16.0 Å². The molecule has 0 unspecified atom stereocenters. The van der Waals surface area contributed by atoms with E-state index in [2.05, 4.69) is 10.6 Å². The summed E-state index contributed by atoms with van der Waals surface area (Å²) in [5.41, 5.74) is 4.32. The monoisotopic (exact) mass is 339 g/mol. The normalized spacial score (nSPS) is 13.4. The van der Waals surface area contributed by atoms with Gasteiger partial charge in [-0.15, -0.1) is 0 Å². The first-order chi connectivity index (χ1) is 12.1. The highest BCUT2D eigenvalue weighted by molar-refractivity contribution is 6.01. The molecule has 2 N–H and O–H groups in total. The van der Waals surface area contributed by atoms with Crippen molar-refractivity contribution in [3.63, 3.8) is 0 Å². The fourth-order valence-electron chi connectivity index (χ4n) is 2.91. The molecule has 0 aliphatic carbocycles. The van der Waals surface area contributed by atoms with Gasteiger partial charge in [0.15, 0.2) is 0 Å². The van der Waals surface area contributed by atoms with Gasteiger partial charge in [0, 0.05) is 30.6 Å². The van der Waals surface area contributed by atoms with Gasteiger partial charge in [0.05, 0.1) is 0 Å². The molecule has 0 saturated heterocycles. The predicted octanol–water partition coefficient (Wildman–Crippen LogP) is 3.52. The van der Waals surface area contributed by atoms with Gasteiger partial charge < -0.3 is 15.4 Å². The molecular weight excluding hydrogens is 318 g/mol. The summed E-state index contributed by atoms with van der Waals surface area (Å²) in [5.74, 6) is 0.0485. The Morgan fingerprint density at radius 1 is 1.16 bits per heavy atom. The molecule has 1 aliphatic heterocycles. The van der Waals surface area contributed by atoms with Crippen LogP contribution in [-0.4, -0.2) is 25.8 Å². The summed E-state index contributed by atoms with van der Waals surface area (Å²) >= 11 is 0. The van der Waals surface area contributed by atoms with Crippen LogP contribution in [0.15, 0.2) is 42.5 Å². The number of hydrogen-bond acceptors (Lipinski definition) is 3. The Morgan fingerprint density at radius 2 is 1.96 bits per heavy atom. The lowest BCUT2D eigenvalue weighted by Crippen LogP contribution is -2.36. The molecule has 1 heterocycles. The highest BCUT2D eigenvalue weighted by Crippen LogP contribution is 2.30. The van der Waals surface area contributed by atoms with Crippen LogP contribution in [0.3, 0.4) is 0 Å². The molecule has 25 heavy (non-hydrogen) atoms. The number of amides is 3. The summed E-state index contributed by atoms with van der Waals surface area (Å²) in [6.07, 6.45) is 1.10. The highest BCUT2D eigenvalue weighted by Gasteiger charge is 2.24. The quantitative estimate of drug-likeness (QED) is 0.895. The number of methoxy groups -OCH3 is 1. The van der Waals surface area contributed by atoms with Crippen molar-refractivity contribution in [1.82, 2.24) is 0 Å². The number of para-hydroxylation sites is 1. The van der Waals surface area contributed by atoms with Crippen LogP contribution in [0.2, 0.25) is 0 Å². The number of hydrogen-bond donors (Lipinski definition) is 2. The Bertz CT molecular complexity index is 804. The van der Waals surface area contributed by atoms with Crippen LogP contribution in [0.1, 0.15) is 17.5 Å². The number of nitrogens with zero attached hydrogens (tertiary/aromatic N) is 1. The second kappa shape index (κ2) is 7.36. The van der Waals surface area contributed by atoms with E-state index < -0.39 is 0 Å². The van der Waals surface area contributed by atoms with E-state index in [0.717, 1.165) is 22.5 Å². The summed E-state index contributed by atoms with van der Waals surface area (Å²) in [4.78, 5) is 25.8. The first-order valence-corrected chi connectivity index (χ1v) is 8.14. The first kappa shape index (κ1) is 17.0. The molecule has 0 fully saturated rings. The zero-order valence-electron chi connectivity index (χ0n) is 14.3. The average Bonchev–Trinajstić information content (AvgIpc) is 2.59. The number of aryl methyl sites for hydroxylation is 2. The fraction of sp³-hybridized carbons (Fsp3) is 0.263. The summed E-state index contributed by atoms with van der Waals surface area (Å²) in [6.45, 7) is 2.17. The van der Waals surface area contributed by atoms with Gasteiger partial charge in [-0.25, -0.2) is 4.79 Å². The van der Waals surface area contributed by atoms with Crippen molar-refractivity contribution in [1.29, 1.82) is 0 Å². The molecule has 3 rings (SSSR count). The average molecular weight is 339 g/mol. The largest absolute Gasteiger partial charge is 0.364 e. The Hall–Kier alpha value is -2.86. The third-order valence-electron chi connectivity index (χ3n) is 4.19. The first-order valence-electron chi connectivity index (χ1n) is 8.14. The van der Waals surface area contributed by atoms with Crippen LogP contribution in [0.25, 0.3) is 0 Å². The zero-order valence-corrected chi connectivity index (χ0v) is 14.3. The molecule has 2 aromatic rings. The van der Waals surface area contributed by atoms with Crippen LogP contribution in [0, 0.1) is 6.92 Å². The molecule has 3 amide bonds. The molecule has 130 valence electrons. The lowest BCUT2D eigenvalue weighted by Gasteiger charge is -2.29. The minimum absolute atomic E-state index is 0.0485. The maximum absolute atomic E-state index is 12.2. The molecule has 1 aliphatic rings. The second-order valence-corrected chi connectivity index (χ2v) is 5.98. The van der Waals surface area contributed by atoms with Gasteiger partial charge in [-0.05, 0) is 48.7 Å². The third kappa shape index (κ3) is 3.80.